The van der Waals surface area contributed by atoms with Crippen LogP contribution in [-0.2, 0) is 6.61 Å². The predicted molar refractivity (Wildman–Crippen MR) is 120 cm³/mol. The third-order valence-corrected chi connectivity index (χ3v) is 6.29. The molecule has 1 atom stereocenters. The van der Waals surface area contributed by atoms with E-state index >= 15 is 0 Å². The molecule has 0 saturated carbocycles. The van der Waals surface area contributed by atoms with E-state index < -0.39 is 0 Å². The van der Waals surface area contributed by atoms with Gasteiger partial charge < -0.3 is 19.1 Å². The zero-order valence-electron chi connectivity index (χ0n) is 18.0. The van der Waals surface area contributed by atoms with Crippen molar-refractivity contribution in [3.05, 3.63) is 69.7 Å². The van der Waals surface area contributed by atoms with Crippen LogP contribution >= 0.6 is 11.3 Å². The molecule has 0 N–H and O–H groups in total. The van der Waals surface area contributed by atoms with Crippen molar-refractivity contribution in [3.63, 3.8) is 0 Å². The van der Waals surface area contributed by atoms with Crippen molar-refractivity contribution in [1.29, 1.82) is 0 Å². The number of methoxy groups -OCH3 is 2. The van der Waals surface area contributed by atoms with E-state index in [-0.39, 0.29) is 11.9 Å². The van der Waals surface area contributed by atoms with E-state index in [1.165, 1.54) is 0 Å². The van der Waals surface area contributed by atoms with Gasteiger partial charge in [0.15, 0.2) is 0 Å². The molecule has 0 radical (unpaired) electrons. The minimum absolute atomic E-state index is 0.0158. The van der Waals surface area contributed by atoms with Crippen molar-refractivity contribution >= 4 is 17.2 Å². The summed E-state index contributed by atoms with van der Waals surface area (Å²) in [6.45, 7) is 3.12. The number of carbonyl (C=O) groups excluding carboxylic acids is 1. The van der Waals surface area contributed by atoms with Gasteiger partial charge in [-0.3, -0.25) is 4.79 Å². The lowest BCUT2D eigenvalue weighted by Crippen LogP contribution is -2.30. The molecular weight excluding hydrogens is 412 g/mol. The van der Waals surface area contributed by atoms with Gasteiger partial charge in [0.25, 0.3) is 5.91 Å². The number of thiazole rings is 1. The first-order valence-corrected chi connectivity index (χ1v) is 11.1. The highest BCUT2D eigenvalue weighted by atomic mass is 32.1. The summed E-state index contributed by atoms with van der Waals surface area (Å²) in [6.07, 6.45) is 1.86. The maximum atomic E-state index is 13.3. The quantitative estimate of drug-likeness (QED) is 0.518. The predicted octanol–water partition coefficient (Wildman–Crippen LogP) is 5.03. The number of aromatic nitrogens is 1. The summed E-state index contributed by atoms with van der Waals surface area (Å²) >= 11 is 1.61. The summed E-state index contributed by atoms with van der Waals surface area (Å²) in [5.41, 5.74) is 2.57. The van der Waals surface area contributed by atoms with Crippen molar-refractivity contribution < 1.29 is 19.0 Å². The normalized spacial score (nSPS) is 15.7. The van der Waals surface area contributed by atoms with Crippen LogP contribution in [0.15, 0.2) is 47.8 Å². The molecule has 2 heterocycles. The highest BCUT2D eigenvalue weighted by molar-refractivity contribution is 7.09. The van der Waals surface area contributed by atoms with Gasteiger partial charge in [0.05, 0.1) is 31.0 Å². The van der Waals surface area contributed by atoms with E-state index in [4.69, 9.17) is 14.2 Å². The Bertz CT molecular complexity index is 1050. The van der Waals surface area contributed by atoms with Gasteiger partial charge in [0.1, 0.15) is 23.9 Å². The van der Waals surface area contributed by atoms with Crippen LogP contribution in [0.2, 0.25) is 0 Å². The van der Waals surface area contributed by atoms with E-state index in [2.05, 4.69) is 4.98 Å². The molecule has 1 amide bonds. The molecule has 31 heavy (non-hydrogen) atoms. The zero-order chi connectivity index (χ0) is 21.8. The van der Waals surface area contributed by atoms with Gasteiger partial charge in [-0.15, -0.1) is 11.3 Å². The largest absolute Gasteiger partial charge is 0.497 e. The fourth-order valence-electron chi connectivity index (χ4n) is 3.92. The summed E-state index contributed by atoms with van der Waals surface area (Å²) < 4.78 is 16.7. The van der Waals surface area contributed by atoms with Gasteiger partial charge in [-0.05, 0) is 56.2 Å². The zero-order valence-corrected chi connectivity index (χ0v) is 18.8. The Labute approximate surface area is 186 Å². The lowest BCUT2D eigenvalue weighted by molar-refractivity contribution is 0.0734. The van der Waals surface area contributed by atoms with E-state index in [0.717, 1.165) is 52.9 Å². The van der Waals surface area contributed by atoms with E-state index in [0.29, 0.717) is 12.2 Å². The van der Waals surface area contributed by atoms with Crippen LogP contribution in [0.4, 0.5) is 0 Å². The fraction of sp³-hybridized carbons (Fsp3) is 0.333. The van der Waals surface area contributed by atoms with Crippen molar-refractivity contribution in [1.82, 2.24) is 9.88 Å². The maximum absolute atomic E-state index is 13.3. The number of carbonyl (C=O) groups is 1. The monoisotopic (exact) mass is 438 g/mol. The molecule has 0 spiro atoms. The summed E-state index contributed by atoms with van der Waals surface area (Å²) in [5.74, 6) is 2.21. The van der Waals surface area contributed by atoms with E-state index in [1.807, 2.05) is 59.7 Å². The smallest absolute Gasteiger partial charge is 0.254 e. The minimum atomic E-state index is -0.0165. The molecule has 1 aliphatic rings. The van der Waals surface area contributed by atoms with Crippen LogP contribution in [0.25, 0.3) is 0 Å². The first-order chi connectivity index (χ1) is 15.1. The molecule has 1 fully saturated rings. The average Bonchev–Trinajstić information content (AvgIpc) is 3.46. The second-order valence-corrected chi connectivity index (χ2v) is 8.50. The van der Waals surface area contributed by atoms with Crippen LogP contribution < -0.4 is 14.2 Å². The van der Waals surface area contributed by atoms with Crippen LogP contribution in [0.1, 0.15) is 45.5 Å². The Kier molecular flexibility index (Phi) is 6.42. The molecule has 0 bridgehead atoms. The topological polar surface area (TPSA) is 60.9 Å². The van der Waals surface area contributed by atoms with Gasteiger partial charge in [-0.2, -0.15) is 0 Å². The highest BCUT2D eigenvalue weighted by Gasteiger charge is 2.32. The number of aryl methyl sites for hydroxylation is 1. The number of likely N-dealkylation sites (tertiary alicyclic amines) is 1. The maximum Gasteiger partial charge on any atom is 0.254 e. The fourth-order valence-corrected chi connectivity index (χ4v) is 4.52. The van der Waals surface area contributed by atoms with Crippen LogP contribution in [0.3, 0.4) is 0 Å². The molecule has 1 aromatic heterocycles. The lowest BCUT2D eigenvalue weighted by atomic mass is 10.0. The summed E-state index contributed by atoms with van der Waals surface area (Å²) in [7, 11) is 3.27. The van der Waals surface area contributed by atoms with Gasteiger partial charge >= 0.3 is 0 Å². The van der Waals surface area contributed by atoms with Crippen molar-refractivity contribution in [2.45, 2.75) is 32.4 Å². The Morgan fingerprint density at radius 3 is 2.58 bits per heavy atom. The molecule has 2 aromatic carbocycles. The second kappa shape index (κ2) is 9.39. The molecular formula is C24H26N2O4S. The highest BCUT2D eigenvalue weighted by Crippen LogP contribution is 2.39. The second-order valence-electron chi connectivity index (χ2n) is 7.44. The molecule has 162 valence electrons. The third kappa shape index (κ3) is 4.66. The molecule has 7 heteroatoms. The number of hydrogen-bond donors (Lipinski definition) is 0. The lowest BCUT2D eigenvalue weighted by Gasteiger charge is -2.26. The Hall–Kier alpha value is -3.06. The minimum Gasteiger partial charge on any atom is -0.497 e. The summed E-state index contributed by atoms with van der Waals surface area (Å²) in [5, 5.41) is 3.02. The van der Waals surface area contributed by atoms with Crippen LogP contribution in [-0.4, -0.2) is 36.6 Å². The molecule has 0 aliphatic carbocycles. The number of nitrogens with zero attached hydrogens (tertiary/aromatic N) is 2. The van der Waals surface area contributed by atoms with Gasteiger partial charge in [0, 0.05) is 29.1 Å². The van der Waals surface area contributed by atoms with Crippen LogP contribution in [0, 0.1) is 6.92 Å². The molecule has 1 unspecified atom stereocenters. The summed E-state index contributed by atoms with van der Waals surface area (Å²) in [4.78, 5) is 19.6. The SMILES string of the molecule is COc1ccc(C2CCCN2C(=O)c2ccc(OCc3csc(C)n3)cc2)c(OC)c1. The molecule has 6 nitrogen and oxygen atoms in total. The van der Waals surface area contributed by atoms with Crippen molar-refractivity contribution in [3.8, 4) is 17.2 Å². The number of ether oxygens (including phenoxy) is 3. The Morgan fingerprint density at radius 2 is 1.90 bits per heavy atom. The third-order valence-electron chi connectivity index (χ3n) is 5.47. The Balaban J connectivity index is 1.47. The molecule has 1 aliphatic heterocycles. The number of rotatable bonds is 7. The Morgan fingerprint density at radius 1 is 1.13 bits per heavy atom. The molecule has 3 aromatic rings. The molecule has 4 rings (SSSR count). The standard InChI is InChI=1S/C24H26N2O4S/c1-16-25-18(15-31-16)14-30-19-8-6-17(7-9-19)24(27)26-12-4-5-22(26)21-11-10-20(28-2)13-23(21)29-3/h6-11,13,15,22H,4-5,12,14H2,1-3H3. The number of benzene rings is 2. The van der Waals surface area contributed by atoms with Crippen molar-refractivity contribution in [2.24, 2.45) is 0 Å². The number of hydrogen-bond acceptors (Lipinski definition) is 6. The van der Waals surface area contributed by atoms with Crippen molar-refractivity contribution in [2.75, 3.05) is 20.8 Å². The van der Waals surface area contributed by atoms with Gasteiger partial charge in [0.2, 0.25) is 0 Å². The van der Waals surface area contributed by atoms with Crippen LogP contribution in [0.5, 0.6) is 17.2 Å². The van der Waals surface area contributed by atoms with Gasteiger partial charge in [-0.1, -0.05) is 0 Å². The first-order valence-electron chi connectivity index (χ1n) is 10.3. The van der Waals surface area contributed by atoms with Gasteiger partial charge in [-0.25, -0.2) is 4.98 Å². The first kappa shape index (κ1) is 21.2. The number of amides is 1. The van der Waals surface area contributed by atoms with E-state index in [1.54, 1.807) is 25.6 Å². The average molecular weight is 439 g/mol. The summed E-state index contributed by atoms with van der Waals surface area (Å²) in [6, 6.07) is 13.1. The molecule has 1 saturated heterocycles. The van der Waals surface area contributed by atoms with E-state index in [9.17, 15) is 4.79 Å².